The highest BCUT2D eigenvalue weighted by Crippen LogP contribution is 2.61. The highest BCUT2D eigenvalue weighted by molar-refractivity contribution is 7.99. The Morgan fingerprint density at radius 1 is 1.11 bits per heavy atom. The molecule has 308 valence electrons. The Kier molecular flexibility index (Phi) is 18.0. The quantitative estimate of drug-likeness (QED) is 0.0333. The number of aliphatic hydroxyl groups is 2. The van der Waals surface area contributed by atoms with Crippen molar-refractivity contribution in [2.75, 3.05) is 43.5 Å². The number of hydrogen-bond donors (Lipinski definition) is 11. The molecule has 0 radical (unpaired) electrons. The number of nitrogens with zero attached hydrogens (tertiary/aromatic N) is 4. The van der Waals surface area contributed by atoms with E-state index in [9.17, 15) is 53.1 Å². The molecule has 2 amide bonds. The Labute approximate surface area is 312 Å². The molecule has 0 spiro atoms. The van der Waals surface area contributed by atoms with E-state index in [0.717, 1.165) is 28.7 Å². The molecule has 29 heteroatoms. The number of rotatable bonds is 20. The third-order valence-corrected chi connectivity index (χ3v) is 10.9. The lowest BCUT2D eigenvalue weighted by atomic mass is 9.87. The third-order valence-electron chi connectivity index (χ3n) is 6.85. The Morgan fingerprint density at radius 2 is 1.74 bits per heavy atom. The zero-order valence-electron chi connectivity index (χ0n) is 29.5. The van der Waals surface area contributed by atoms with Gasteiger partial charge in [-0.3, -0.25) is 33.1 Å². The molecular formula is C25H46N9O16P3S. The smallest absolute Gasteiger partial charge is 0.388 e. The molecule has 1 aliphatic rings. The molecular weight excluding hydrogens is 807 g/mol. The first-order chi connectivity index (χ1) is 24.9. The van der Waals surface area contributed by atoms with Gasteiger partial charge in [0.15, 0.2) is 17.7 Å². The summed E-state index contributed by atoms with van der Waals surface area (Å²) in [5.74, 6) is 0.510. The number of imidazole rings is 1. The number of carbonyl (C=O) groups excluding carboxylic acids is 2. The lowest BCUT2D eigenvalue weighted by molar-refractivity contribution is -0.137. The second-order valence-electron chi connectivity index (χ2n) is 11.9. The number of phosphoric acid groups is 3. The van der Waals surface area contributed by atoms with Crippen molar-refractivity contribution in [2.45, 2.75) is 64.8 Å². The number of amides is 2. The van der Waals surface area contributed by atoms with E-state index in [2.05, 4.69) is 34.4 Å². The van der Waals surface area contributed by atoms with Crippen molar-refractivity contribution < 1.29 is 75.7 Å². The van der Waals surface area contributed by atoms with Crippen LogP contribution in [0.25, 0.3) is 11.2 Å². The Morgan fingerprint density at radius 3 is 2.35 bits per heavy atom. The van der Waals surface area contributed by atoms with Crippen molar-refractivity contribution >= 4 is 69.9 Å². The predicted octanol–water partition coefficient (Wildman–Crippen LogP) is -0.900. The van der Waals surface area contributed by atoms with Crippen LogP contribution in [-0.2, 0) is 45.9 Å². The maximum Gasteiger partial charge on any atom is 0.481 e. The van der Waals surface area contributed by atoms with E-state index in [1.165, 1.54) is 20.8 Å². The van der Waals surface area contributed by atoms with Gasteiger partial charge in [0.25, 0.3) is 0 Å². The van der Waals surface area contributed by atoms with Gasteiger partial charge in [-0.15, -0.1) is 0 Å². The Hall–Kier alpha value is -2.64. The number of aliphatic hydroxyl groups excluding tert-OH is 2. The van der Waals surface area contributed by atoms with Crippen LogP contribution in [0.3, 0.4) is 0 Å². The minimum atomic E-state index is -5.54. The molecule has 7 atom stereocenters. The highest BCUT2D eigenvalue weighted by Gasteiger charge is 2.50. The molecule has 13 N–H and O–H groups in total. The van der Waals surface area contributed by atoms with Gasteiger partial charge in [-0.2, -0.15) is 16.1 Å². The molecule has 2 aromatic rings. The summed E-state index contributed by atoms with van der Waals surface area (Å²) in [7, 11) is -16.3. The number of fused-ring (bicyclic) bond motifs is 1. The highest BCUT2D eigenvalue weighted by atomic mass is 32.2. The first kappa shape index (κ1) is 47.5. The minimum Gasteiger partial charge on any atom is -0.388 e. The summed E-state index contributed by atoms with van der Waals surface area (Å²) < 4.78 is 61.9. The van der Waals surface area contributed by atoms with E-state index < -0.39 is 78.6 Å². The van der Waals surface area contributed by atoms with E-state index in [-0.39, 0.29) is 41.7 Å². The van der Waals surface area contributed by atoms with Crippen LogP contribution in [-0.4, -0.2) is 129 Å². The molecule has 54 heavy (non-hydrogen) atoms. The number of ether oxygens (including phenoxy) is 1. The first-order valence-corrected chi connectivity index (χ1v) is 21.3. The SMILES string of the molecule is CC(=N)N.CCSCCNC(=O)CCNC(=O)[C@H](O)C(C)(C)COP(=O)(O)OP(=O)(O)OC[C@H]1O[C@@H](n2cnc3c(N)ncnc32)[C@H](O)[C@@H]1OP(=O)(O)O. The maximum atomic E-state index is 12.6. The van der Waals surface area contributed by atoms with Crippen LogP contribution in [0.2, 0.25) is 0 Å². The monoisotopic (exact) mass is 853 g/mol. The number of nitrogens with one attached hydrogen (secondary N) is 3. The molecule has 25 nitrogen and oxygen atoms in total. The van der Waals surface area contributed by atoms with E-state index >= 15 is 0 Å². The van der Waals surface area contributed by atoms with E-state index in [1.807, 2.05) is 6.92 Å². The average molecular weight is 854 g/mol. The summed E-state index contributed by atoms with van der Waals surface area (Å²) >= 11 is 1.64. The normalized spacial score (nSPS) is 21.7. The molecule has 0 saturated carbocycles. The van der Waals surface area contributed by atoms with Crippen LogP contribution >= 0.6 is 35.2 Å². The van der Waals surface area contributed by atoms with Crippen molar-refractivity contribution in [3.05, 3.63) is 12.7 Å². The Balaban J connectivity index is 0.00000239. The van der Waals surface area contributed by atoms with E-state index in [0.29, 0.717) is 6.54 Å². The number of hydrogen-bond acceptors (Lipinski definition) is 18. The van der Waals surface area contributed by atoms with Gasteiger partial charge in [-0.05, 0) is 12.7 Å². The zero-order chi connectivity index (χ0) is 41.1. The molecule has 3 heterocycles. The standard InChI is InChI=1S/C23H40N7O16P3S.C2H6N2/c1-4-50-8-7-25-14(31)5-6-26-21(34)18(33)23(2,3)10-43-49(40,41)46-48(38,39)42-9-13-17(45-47(35,36)37)16(32)22(44-13)30-12-29-15-19(24)27-11-28-20(15)30;1-2(3)4/h11-13,16-18,22,32-33H,4-10H2,1-3H3,(H,25,31)(H,26,34)(H,38,39)(H,40,41)(H2,24,27,28)(H2,35,36,37);1H3,(H3,3,4)/t13-,16-,17-,18+,22-;/m1./s1. The van der Waals surface area contributed by atoms with Crippen molar-refractivity contribution in [2.24, 2.45) is 11.1 Å². The largest absolute Gasteiger partial charge is 0.481 e. The average Bonchev–Trinajstić information content (AvgIpc) is 3.60. The van der Waals surface area contributed by atoms with Crippen LogP contribution in [0.1, 0.15) is 40.3 Å². The van der Waals surface area contributed by atoms with Crippen LogP contribution in [0.15, 0.2) is 12.7 Å². The molecule has 1 aliphatic heterocycles. The molecule has 0 bridgehead atoms. The lowest BCUT2D eigenvalue weighted by Gasteiger charge is -2.30. The second kappa shape index (κ2) is 20.5. The summed E-state index contributed by atoms with van der Waals surface area (Å²) in [5.41, 5.74) is 9.01. The summed E-state index contributed by atoms with van der Waals surface area (Å²) in [6.07, 6.45) is -6.69. The number of amidine groups is 1. The van der Waals surface area contributed by atoms with Gasteiger partial charge in [0.05, 0.1) is 25.4 Å². The minimum absolute atomic E-state index is 0.0343. The number of thioether (sulfide) groups is 1. The molecule has 1 fully saturated rings. The van der Waals surface area contributed by atoms with Crippen molar-refractivity contribution in [1.29, 1.82) is 5.41 Å². The van der Waals surface area contributed by atoms with Gasteiger partial charge < -0.3 is 56.6 Å². The van der Waals surface area contributed by atoms with E-state index in [1.54, 1.807) is 11.8 Å². The van der Waals surface area contributed by atoms with Crippen molar-refractivity contribution in [1.82, 2.24) is 30.2 Å². The number of anilines is 1. The number of nitrogen functional groups attached to an aromatic ring is 1. The summed E-state index contributed by atoms with van der Waals surface area (Å²) in [6.45, 7) is 4.42. The zero-order valence-corrected chi connectivity index (χ0v) is 33.0. The first-order valence-electron chi connectivity index (χ1n) is 15.7. The van der Waals surface area contributed by atoms with Gasteiger partial charge >= 0.3 is 23.5 Å². The molecule has 2 aromatic heterocycles. The fourth-order valence-electron chi connectivity index (χ4n) is 4.35. The maximum absolute atomic E-state index is 12.6. The van der Waals surface area contributed by atoms with Crippen LogP contribution in [0, 0.1) is 10.8 Å². The van der Waals surface area contributed by atoms with Gasteiger partial charge in [0, 0.05) is 30.7 Å². The molecule has 0 aromatic carbocycles. The van der Waals surface area contributed by atoms with Crippen molar-refractivity contribution in [3.63, 3.8) is 0 Å². The van der Waals surface area contributed by atoms with E-state index in [4.69, 9.17) is 30.7 Å². The summed E-state index contributed by atoms with van der Waals surface area (Å²) in [5, 5.41) is 32.6. The van der Waals surface area contributed by atoms with Crippen LogP contribution < -0.4 is 22.1 Å². The van der Waals surface area contributed by atoms with Crippen LogP contribution in [0.5, 0.6) is 0 Å². The second-order valence-corrected chi connectivity index (χ2v) is 17.6. The number of nitrogens with two attached hydrogens (primary N) is 2. The fourth-order valence-corrected chi connectivity index (χ4v) is 7.71. The fraction of sp³-hybridized carbons (Fsp3) is 0.680. The number of aromatic nitrogens is 4. The predicted molar refractivity (Wildman–Crippen MR) is 190 cm³/mol. The number of carbonyl (C=O) groups is 2. The van der Waals surface area contributed by atoms with Crippen LogP contribution in [0.4, 0.5) is 5.82 Å². The Bertz CT molecular complexity index is 1730. The third kappa shape index (κ3) is 15.5. The molecule has 2 unspecified atom stereocenters. The lowest BCUT2D eigenvalue weighted by Crippen LogP contribution is -2.46. The van der Waals surface area contributed by atoms with Gasteiger partial charge in [0.2, 0.25) is 11.8 Å². The van der Waals surface area contributed by atoms with Gasteiger partial charge in [0.1, 0.15) is 36.3 Å². The number of phosphoric ester groups is 3. The summed E-state index contributed by atoms with van der Waals surface area (Å²) in [4.78, 5) is 75.1. The molecule has 1 saturated heterocycles. The van der Waals surface area contributed by atoms with Gasteiger partial charge in [-0.1, -0.05) is 20.8 Å². The molecule has 0 aliphatic carbocycles. The van der Waals surface area contributed by atoms with Gasteiger partial charge in [-0.25, -0.2) is 28.6 Å². The summed E-state index contributed by atoms with van der Waals surface area (Å²) in [6, 6.07) is 0. The topological polar surface area (TPSA) is 396 Å². The van der Waals surface area contributed by atoms with Crippen molar-refractivity contribution in [3.8, 4) is 0 Å². The molecule has 3 rings (SSSR count).